The molecule has 0 aliphatic heterocycles. The van der Waals surface area contributed by atoms with E-state index >= 15 is 0 Å². The third-order valence-corrected chi connectivity index (χ3v) is 4.32. The van der Waals surface area contributed by atoms with Crippen molar-refractivity contribution in [2.75, 3.05) is 0 Å². The fourth-order valence-corrected chi connectivity index (χ4v) is 2.72. The van der Waals surface area contributed by atoms with Crippen LogP contribution in [0, 0.1) is 0 Å². The van der Waals surface area contributed by atoms with E-state index in [2.05, 4.69) is 80.7 Å². The predicted molar refractivity (Wildman–Crippen MR) is 144 cm³/mol. The Morgan fingerprint density at radius 3 is 1.53 bits per heavy atom. The van der Waals surface area contributed by atoms with E-state index in [0.717, 1.165) is 40.7 Å². The molecule has 0 heterocycles. The lowest BCUT2D eigenvalue weighted by Gasteiger charge is -2.14. The summed E-state index contributed by atoms with van der Waals surface area (Å²) in [4.78, 5) is 0. The maximum Gasteiger partial charge on any atom is -0.0218 e. The fraction of sp³-hybridized carbons (Fsp3) is 0.400. The van der Waals surface area contributed by atoms with Crippen molar-refractivity contribution < 1.29 is 0 Å². The van der Waals surface area contributed by atoms with Gasteiger partial charge in [0.05, 0.1) is 0 Å². The lowest BCUT2D eigenvalue weighted by atomic mass is 9.92. The van der Waals surface area contributed by atoms with Gasteiger partial charge in [0.15, 0.2) is 0 Å². The van der Waals surface area contributed by atoms with E-state index < -0.39 is 0 Å². The molecule has 0 radical (unpaired) electrons. The molecule has 0 amide bonds. The first-order valence-electron chi connectivity index (χ1n) is 10.9. The maximum absolute atomic E-state index is 4.03. The molecule has 0 saturated heterocycles. The quantitative estimate of drug-likeness (QED) is 0.235. The minimum atomic E-state index is 0.945. The zero-order valence-corrected chi connectivity index (χ0v) is 21.2. The molecule has 0 bridgehead atoms. The SMILES string of the molecule is C=C.C=C(/C=C\C(=C)C(=C)C=C(C)C)CC.C=C(C)C(C(=C)C)=C(CC)CCCC. The molecule has 0 atom stereocenters. The zero-order chi connectivity index (χ0) is 24.3. The van der Waals surface area contributed by atoms with E-state index in [1.807, 2.05) is 32.1 Å². The Balaban J connectivity index is -0.000000448. The Morgan fingerprint density at radius 1 is 0.700 bits per heavy atom. The van der Waals surface area contributed by atoms with Crippen LogP contribution in [0.2, 0.25) is 0 Å². The second-order valence-corrected chi connectivity index (χ2v) is 7.61. The Hall–Kier alpha value is -2.34. The molecule has 168 valence electrons. The number of hydrogen-bond donors (Lipinski definition) is 0. The van der Waals surface area contributed by atoms with Crippen LogP contribution in [0.1, 0.15) is 80.6 Å². The first-order chi connectivity index (χ1) is 14.0. The molecule has 0 nitrogen and oxygen atoms in total. The molecular formula is C30H48. The molecule has 30 heavy (non-hydrogen) atoms. The van der Waals surface area contributed by atoms with Gasteiger partial charge in [-0.05, 0) is 70.1 Å². The summed E-state index contributed by atoms with van der Waals surface area (Å²) < 4.78 is 0. The summed E-state index contributed by atoms with van der Waals surface area (Å²) in [5.41, 5.74) is 9.41. The van der Waals surface area contributed by atoms with Gasteiger partial charge >= 0.3 is 0 Å². The van der Waals surface area contributed by atoms with Crippen molar-refractivity contribution in [2.45, 2.75) is 80.6 Å². The smallest absolute Gasteiger partial charge is 0.0218 e. The van der Waals surface area contributed by atoms with Gasteiger partial charge in [-0.15, -0.1) is 13.2 Å². The van der Waals surface area contributed by atoms with E-state index in [-0.39, 0.29) is 0 Å². The van der Waals surface area contributed by atoms with Crippen LogP contribution in [-0.4, -0.2) is 0 Å². The normalized spacial score (nSPS) is 9.30. The summed E-state index contributed by atoms with van der Waals surface area (Å²) in [6.45, 7) is 40.6. The van der Waals surface area contributed by atoms with Crippen LogP contribution in [-0.2, 0) is 0 Å². The lowest BCUT2D eigenvalue weighted by molar-refractivity contribution is 0.760. The summed E-state index contributed by atoms with van der Waals surface area (Å²) in [5, 5.41) is 0. The Kier molecular flexibility index (Phi) is 21.5. The van der Waals surface area contributed by atoms with Crippen LogP contribution < -0.4 is 0 Å². The summed E-state index contributed by atoms with van der Waals surface area (Å²) in [6, 6.07) is 0. The van der Waals surface area contributed by atoms with Crippen molar-refractivity contribution in [3.05, 3.63) is 109 Å². The zero-order valence-electron chi connectivity index (χ0n) is 21.2. The number of allylic oxidation sites excluding steroid dienone is 11. The van der Waals surface area contributed by atoms with Gasteiger partial charge < -0.3 is 0 Å². The molecule has 0 fully saturated rings. The van der Waals surface area contributed by atoms with Gasteiger partial charge in [-0.1, -0.05) is 106 Å². The standard InChI is InChI=1S/C14H20.C14H24.C2H4/c1-7-12(4)8-9-13(5)14(6)10-11(2)3;1-7-9-10-13(8-2)14(11(3)4)12(5)6;1-2/h8-10H,4-7H2,1-3H3;3,5,7-10H2,1-2,4,6H3;1-2H2/b9-8-;;. The van der Waals surface area contributed by atoms with Gasteiger partial charge in [-0.2, -0.15) is 0 Å². The molecular weight excluding hydrogens is 360 g/mol. The van der Waals surface area contributed by atoms with Crippen molar-refractivity contribution in [2.24, 2.45) is 0 Å². The number of hydrogen-bond acceptors (Lipinski definition) is 0. The second kappa shape index (κ2) is 20.0. The Morgan fingerprint density at radius 2 is 1.20 bits per heavy atom. The van der Waals surface area contributed by atoms with E-state index in [0.29, 0.717) is 0 Å². The van der Waals surface area contributed by atoms with Crippen molar-refractivity contribution in [1.82, 2.24) is 0 Å². The fourth-order valence-electron chi connectivity index (χ4n) is 2.72. The third kappa shape index (κ3) is 16.6. The molecule has 0 aliphatic carbocycles. The number of unbranched alkanes of at least 4 members (excludes halogenated alkanes) is 1. The van der Waals surface area contributed by atoms with Crippen LogP contribution in [0.5, 0.6) is 0 Å². The van der Waals surface area contributed by atoms with E-state index in [1.165, 1.54) is 36.0 Å². The van der Waals surface area contributed by atoms with Gasteiger partial charge in [0.1, 0.15) is 0 Å². The van der Waals surface area contributed by atoms with Crippen molar-refractivity contribution >= 4 is 0 Å². The molecule has 0 aromatic rings. The molecule has 0 heteroatoms. The van der Waals surface area contributed by atoms with E-state index in [9.17, 15) is 0 Å². The van der Waals surface area contributed by atoms with Crippen LogP contribution in [0.3, 0.4) is 0 Å². The highest BCUT2D eigenvalue weighted by atomic mass is 14.1. The molecule has 0 saturated carbocycles. The van der Waals surface area contributed by atoms with Crippen LogP contribution >= 0.6 is 0 Å². The second-order valence-electron chi connectivity index (χ2n) is 7.61. The summed E-state index contributed by atoms with van der Waals surface area (Å²) in [7, 11) is 0. The summed E-state index contributed by atoms with van der Waals surface area (Å²) in [5.74, 6) is 0. The highest BCUT2D eigenvalue weighted by Crippen LogP contribution is 2.26. The predicted octanol–water partition coefficient (Wildman–Crippen LogP) is 10.4. The maximum atomic E-state index is 4.03. The highest BCUT2D eigenvalue weighted by molar-refractivity contribution is 5.46. The molecule has 0 aliphatic rings. The minimum absolute atomic E-state index is 0.945. The van der Waals surface area contributed by atoms with Crippen LogP contribution in [0.25, 0.3) is 0 Å². The first kappa shape index (κ1) is 32.3. The average Bonchev–Trinajstić information content (AvgIpc) is 2.69. The van der Waals surface area contributed by atoms with Gasteiger partial charge in [-0.3, -0.25) is 0 Å². The van der Waals surface area contributed by atoms with Crippen LogP contribution in [0.4, 0.5) is 0 Å². The van der Waals surface area contributed by atoms with Gasteiger partial charge in [0.2, 0.25) is 0 Å². The van der Waals surface area contributed by atoms with Crippen LogP contribution in [0.15, 0.2) is 109 Å². The summed E-state index contributed by atoms with van der Waals surface area (Å²) >= 11 is 0. The molecule has 0 unspecified atom stereocenters. The monoisotopic (exact) mass is 408 g/mol. The third-order valence-electron chi connectivity index (χ3n) is 4.32. The lowest BCUT2D eigenvalue weighted by Crippen LogP contribution is -1.94. The summed E-state index contributed by atoms with van der Waals surface area (Å²) in [6.07, 6.45) is 11.8. The molecule has 0 spiro atoms. The average molecular weight is 409 g/mol. The topological polar surface area (TPSA) is 0 Å². The Labute approximate surface area is 189 Å². The minimum Gasteiger partial charge on any atom is -0.106 e. The molecule has 0 rings (SSSR count). The highest BCUT2D eigenvalue weighted by Gasteiger charge is 2.06. The molecule has 0 N–H and O–H groups in total. The van der Waals surface area contributed by atoms with Gasteiger partial charge in [0.25, 0.3) is 0 Å². The number of rotatable bonds is 11. The Bertz CT molecular complexity index is 651. The van der Waals surface area contributed by atoms with E-state index in [1.54, 1.807) is 0 Å². The van der Waals surface area contributed by atoms with Gasteiger partial charge in [0, 0.05) is 0 Å². The van der Waals surface area contributed by atoms with Crippen molar-refractivity contribution in [3.8, 4) is 0 Å². The first-order valence-corrected chi connectivity index (χ1v) is 10.9. The molecule has 0 aromatic heterocycles. The van der Waals surface area contributed by atoms with Crippen molar-refractivity contribution in [3.63, 3.8) is 0 Å². The molecule has 0 aromatic carbocycles. The largest absolute Gasteiger partial charge is 0.106 e. The van der Waals surface area contributed by atoms with E-state index in [4.69, 9.17) is 0 Å². The van der Waals surface area contributed by atoms with Gasteiger partial charge in [-0.25, -0.2) is 0 Å². The van der Waals surface area contributed by atoms with Crippen molar-refractivity contribution in [1.29, 1.82) is 0 Å².